The number of amides is 1. The van der Waals surface area contributed by atoms with Gasteiger partial charge in [0.25, 0.3) is 0 Å². The monoisotopic (exact) mass is 397 g/mol. The Hall–Kier alpha value is -3.35. The van der Waals surface area contributed by atoms with E-state index in [0.29, 0.717) is 31.1 Å². The van der Waals surface area contributed by atoms with Gasteiger partial charge in [0.15, 0.2) is 11.5 Å². The van der Waals surface area contributed by atoms with Crippen molar-refractivity contribution in [1.29, 1.82) is 0 Å². The zero-order chi connectivity index (χ0) is 20.8. The molecule has 0 saturated carbocycles. The molecule has 0 aliphatic heterocycles. The van der Waals surface area contributed by atoms with E-state index in [1.54, 1.807) is 19.3 Å². The van der Waals surface area contributed by atoms with Gasteiger partial charge in [-0.2, -0.15) is 0 Å². The van der Waals surface area contributed by atoms with E-state index in [0.717, 1.165) is 22.4 Å². The molecule has 0 spiro atoms. The predicted molar refractivity (Wildman–Crippen MR) is 111 cm³/mol. The van der Waals surface area contributed by atoms with Crippen LogP contribution in [-0.2, 0) is 18.3 Å². The van der Waals surface area contributed by atoms with E-state index >= 15 is 0 Å². The highest BCUT2D eigenvalue weighted by atomic mass is 19.1. The number of fused-ring (bicyclic) bond motifs is 1. The molecule has 0 radical (unpaired) electrons. The van der Waals surface area contributed by atoms with Crippen LogP contribution in [0.15, 0.2) is 42.5 Å². The molecule has 1 amide bonds. The molecular weight excluding hydrogens is 373 g/mol. The Morgan fingerprint density at radius 3 is 2.83 bits per heavy atom. The molecule has 1 heterocycles. The van der Waals surface area contributed by atoms with Gasteiger partial charge < -0.3 is 19.4 Å². The number of carbonyl (C=O) groups excluding carboxylic acids is 1. The maximum atomic E-state index is 13.4. The molecule has 3 rings (SSSR count). The third-order valence-electron chi connectivity index (χ3n) is 4.50. The fourth-order valence-electron chi connectivity index (χ4n) is 3.03. The summed E-state index contributed by atoms with van der Waals surface area (Å²) in [5.41, 5.74) is 2.30. The van der Waals surface area contributed by atoms with Gasteiger partial charge in [-0.3, -0.25) is 4.79 Å². The molecule has 152 valence electrons. The van der Waals surface area contributed by atoms with Crippen molar-refractivity contribution in [3.8, 4) is 11.5 Å². The van der Waals surface area contributed by atoms with Crippen LogP contribution in [-0.4, -0.2) is 35.7 Å². The lowest BCUT2D eigenvalue weighted by molar-refractivity contribution is -0.116. The van der Waals surface area contributed by atoms with Gasteiger partial charge in [-0.1, -0.05) is 6.07 Å². The van der Waals surface area contributed by atoms with E-state index < -0.39 is 0 Å². The topological polar surface area (TPSA) is 65.4 Å². The van der Waals surface area contributed by atoms with Crippen molar-refractivity contribution < 1.29 is 18.7 Å². The van der Waals surface area contributed by atoms with E-state index in [-0.39, 0.29) is 11.7 Å². The molecule has 2 aromatic carbocycles. The van der Waals surface area contributed by atoms with Gasteiger partial charge in [0.05, 0.1) is 24.8 Å². The Labute approximate surface area is 169 Å². The second-order valence-corrected chi connectivity index (χ2v) is 6.44. The van der Waals surface area contributed by atoms with E-state index in [1.807, 2.05) is 36.7 Å². The highest BCUT2D eigenvalue weighted by Gasteiger charge is 2.09. The standard InChI is InChI=1S/C22H24FN3O3/c1-4-29-19-9-5-15(13-20(19)28-3)6-10-22(27)24-12-11-21-25-17-8-7-16(23)14-18(17)26(21)2/h5-10,13-14H,4,11-12H2,1-3H3,(H,24,27). The average molecular weight is 397 g/mol. The van der Waals surface area contributed by atoms with Gasteiger partial charge in [-0.05, 0) is 48.9 Å². The van der Waals surface area contributed by atoms with Gasteiger partial charge in [0, 0.05) is 26.1 Å². The number of hydrogen-bond donors (Lipinski definition) is 1. The van der Waals surface area contributed by atoms with Crippen LogP contribution in [0, 0.1) is 5.82 Å². The lowest BCUT2D eigenvalue weighted by Gasteiger charge is -2.09. The summed E-state index contributed by atoms with van der Waals surface area (Å²) in [7, 11) is 3.42. The van der Waals surface area contributed by atoms with Crippen molar-refractivity contribution in [2.75, 3.05) is 20.3 Å². The fraction of sp³-hybridized carbons (Fsp3) is 0.273. The lowest BCUT2D eigenvalue weighted by atomic mass is 10.2. The summed E-state index contributed by atoms with van der Waals surface area (Å²) in [6.07, 6.45) is 3.73. The number of aromatic nitrogens is 2. The summed E-state index contributed by atoms with van der Waals surface area (Å²) in [5, 5.41) is 2.84. The average Bonchev–Trinajstić information content (AvgIpc) is 3.02. The van der Waals surface area contributed by atoms with Crippen LogP contribution in [0.5, 0.6) is 11.5 Å². The van der Waals surface area contributed by atoms with E-state index in [2.05, 4.69) is 10.3 Å². The number of halogens is 1. The summed E-state index contributed by atoms with van der Waals surface area (Å²) in [6.45, 7) is 2.88. The molecule has 29 heavy (non-hydrogen) atoms. The number of nitrogens with one attached hydrogen (secondary N) is 1. The Bertz CT molecular complexity index is 1040. The second kappa shape index (κ2) is 9.23. The molecule has 6 nitrogen and oxygen atoms in total. The van der Waals surface area contributed by atoms with Crippen LogP contribution < -0.4 is 14.8 Å². The number of ether oxygens (including phenoxy) is 2. The summed E-state index contributed by atoms with van der Waals surface area (Å²) < 4.78 is 26.0. The van der Waals surface area contributed by atoms with Crippen LogP contribution in [0.3, 0.4) is 0 Å². The molecule has 3 aromatic rings. The molecule has 0 aliphatic rings. The molecule has 0 atom stereocenters. The van der Waals surface area contributed by atoms with Gasteiger partial charge in [0.1, 0.15) is 11.6 Å². The maximum Gasteiger partial charge on any atom is 0.244 e. The number of benzene rings is 2. The molecule has 7 heteroatoms. The predicted octanol–water partition coefficient (Wildman–Crippen LogP) is 3.49. The SMILES string of the molecule is CCOc1ccc(C=CC(=O)NCCc2nc3ccc(F)cc3n2C)cc1OC. The van der Waals surface area contributed by atoms with Gasteiger partial charge >= 0.3 is 0 Å². The summed E-state index contributed by atoms with van der Waals surface area (Å²) in [6, 6.07) is 9.98. The van der Waals surface area contributed by atoms with Crippen molar-refractivity contribution in [3.63, 3.8) is 0 Å². The Balaban J connectivity index is 1.57. The van der Waals surface area contributed by atoms with E-state index in [9.17, 15) is 9.18 Å². The van der Waals surface area contributed by atoms with Gasteiger partial charge in [-0.25, -0.2) is 9.37 Å². The molecule has 0 fully saturated rings. The first kappa shape index (κ1) is 20.4. The molecular formula is C22H24FN3O3. The zero-order valence-corrected chi connectivity index (χ0v) is 16.7. The third kappa shape index (κ3) is 4.93. The number of rotatable bonds is 8. The summed E-state index contributed by atoms with van der Waals surface area (Å²) in [5.74, 6) is 1.57. The van der Waals surface area contributed by atoms with E-state index in [1.165, 1.54) is 18.2 Å². The lowest BCUT2D eigenvalue weighted by Crippen LogP contribution is -2.24. The number of nitrogens with zero attached hydrogens (tertiary/aromatic N) is 2. The molecule has 1 aromatic heterocycles. The quantitative estimate of drug-likeness (QED) is 0.591. The number of carbonyl (C=O) groups is 1. The van der Waals surface area contributed by atoms with Crippen molar-refractivity contribution in [3.05, 3.63) is 59.7 Å². The minimum Gasteiger partial charge on any atom is -0.493 e. The molecule has 0 aliphatic carbocycles. The van der Waals surface area contributed by atoms with Crippen LogP contribution in [0.4, 0.5) is 4.39 Å². The highest BCUT2D eigenvalue weighted by molar-refractivity contribution is 5.91. The van der Waals surface area contributed by atoms with Crippen LogP contribution in [0.25, 0.3) is 17.1 Å². The Morgan fingerprint density at radius 1 is 1.24 bits per heavy atom. The van der Waals surface area contributed by atoms with Gasteiger partial charge in [-0.15, -0.1) is 0 Å². The van der Waals surface area contributed by atoms with Gasteiger partial charge in [0.2, 0.25) is 5.91 Å². The first-order valence-electron chi connectivity index (χ1n) is 9.39. The Morgan fingerprint density at radius 2 is 2.07 bits per heavy atom. The number of hydrogen-bond acceptors (Lipinski definition) is 4. The molecule has 0 saturated heterocycles. The Kier molecular flexibility index (Phi) is 6.49. The van der Waals surface area contributed by atoms with Crippen molar-refractivity contribution in [2.45, 2.75) is 13.3 Å². The maximum absolute atomic E-state index is 13.4. The van der Waals surface area contributed by atoms with Crippen LogP contribution in [0.1, 0.15) is 18.3 Å². The van der Waals surface area contributed by atoms with Crippen LogP contribution >= 0.6 is 0 Å². The largest absolute Gasteiger partial charge is 0.493 e. The number of methoxy groups -OCH3 is 1. The fourth-order valence-corrected chi connectivity index (χ4v) is 3.03. The molecule has 0 unspecified atom stereocenters. The normalized spacial score (nSPS) is 11.2. The number of aryl methyl sites for hydroxylation is 1. The smallest absolute Gasteiger partial charge is 0.244 e. The van der Waals surface area contributed by atoms with Crippen molar-refractivity contribution in [2.24, 2.45) is 7.05 Å². The first-order chi connectivity index (χ1) is 14.0. The van der Waals surface area contributed by atoms with Crippen LogP contribution in [0.2, 0.25) is 0 Å². The minimum atomic E-state index is -0.295. The summed E-state index contributed by atoms with van der Waals surface area (Å²) >= 11 is 0. The first-order valence-corrected chi connectivity index (χ1v) is 9.39. The molecule has 0 bridgehead atoms. The second-order valence-electron chi connectivity index (χ2n) is 6.44. The zero-order valence-electron chi connectivity index (χ0n) is 16.7. The summed E-state index contributed by atoms with van der Waals surface area (Å²) in [4.78, 5) is 16.6. The highest BCUT2D eigenvalue weighted by Crippen LogP contribution is 2.28. The molecule has 1 N–H and O–H groups in total. The minimum absolute atomic E-state index is 0.206. The number of imidazole rings is 1. The van der Waals surface area contributed by atoms with E-state index in [4.69, 9.17) is 9.47 Å². The van der Waals surface area contributed by atoms with Crippen molar-refractivity contribution >= 4 is 23.0 Å². The van der Waals surface area contributed by atoms with Crippen molar-refractivity contribution in [1.82, 2.24) is 14.9 Å². The third-order valence-corrected chi connectivity index (χ3v) is 4.50.